The van der Waals surface area contributed by atoms with Gasteiger partial charge in [-0.15, -0.1) is 0 Å². The smallest absolute Gasteiger partial charge is 0.236 e. The normalized spacial score (nSPS) is 9.86. The minimum absolute atomic E-state index is 0.0451. The number of nitrogen functional groups attached to an aromatic ring is 1. The third kappa shape index (κ3) is 2.28. The molecule has 1 aromatic heterocycles. The van der Waals surface area contributed by atoms with Crippen LogP contribution in [0.15, 0.2) is 6.20 Å². The Morgan fingerprint density at radius 2 is 2.36 bits per heavy atom. The third-order valence-corrected chi connectivity index (χ3v) is 1.50. The number of rotatable bonds is 3. The van der Waals surface area contributed by atoms with E-state index in [0.29, 0.717) is 0 Å². The molecule has 14 heavy (non-hydrogen) atoms. The SMILES string of the molecule is CN(CC(N)=O)c1nc(N)ncc1F. The Labute approximate surface area is 79.7 Å². The maximum atomic E-state index is 13.1. The summed E-state index contributed by atoms with van der Waals surface area (Å²) < 4.78 is 13.1. The molecule has 1 aromatic rings. The molecule has 0 aliphatic rings. The first-order chi connectivity index (χ1) is 6.50. The van der Waals surface area contributed by atoms with Gasteiger partial charge in [0.15, 0.2) is 11.6 Å². The van der Waals surface area contributed by atoms with Crippen LogP contribution in [-0.4, -0.2) is 29.5 Å². The minimum atomic E-state index is -0.650. The molecule has 0 saturated carbocycles. The first kappa shape index (κ1) is 10.2. The second kappa shape index (κ2) is 3.86. The highest BCUT2D eigenvalue weighted by Crippen LogP contribution is 2.13. The van der Waals surface area contributed by atoms with Crippen LogP contribution in [0.25, 0.3) is 0 Å². The molecule has 1 rings (SSSR count). The lowest BCUT2D eigenvalue weighted by atomic mass is 10.4. The first-order valence-electron chi connectivity index (χ1n) is 3.78. The van der Waals surface area contributed by atoms with Crippen LogP contribution in [0.4, 0.5) is 16.2 Å². The summed E-state index contributed by atoms with van der Waals surface area (Å²) in [7, 11) is 1.48. The molecule has 6 nitrogen and oxygen atoms in total. The van der Waals surface area contributed by atoms with Gasteiger partial charge in [-0.25, -0.2) is 9.37 Å². The zero-order valence-corrected chi connectivity index (χ0v) is 7.57. The van der Waals surface area contributed by atoms with Gasteiger partial charge in [0.25, 0.3) is 0 Å². The predicted molar refractivity (Wildman–Crippen MR) is 48.9 cm³/mol. The van der Waals surface area contributed by atoms with Crippen molar-refractivity contribution in [3.8, 4) is 0 Å². The van der Waals surface area contributed by atoms with E-state index in [-0.39, 0.29) is 18.3 Å². The number of anilines is 2. The number of hydrogen-bond donors (Lipinski definition) is 2. The predicted octanol–water partition coefficient (Wildman–Crippen LogP) is -0.881. The average Bonchev–Trinajstić information content (AvgIpc) is 2.08. The molecule has 1 heterocycles. The highest BCUT2D eigenvalue weighted by molar-refractivity contribution is 5.79. The fraction of sp³-hybridized carbons (Fsp3) is 0.286. The van der Waals surface area contributed by atoms with Gasteiger partial charge in [0, 0.05) is 7.05 Å². The quantitative estimate of drug-likeness (QED) is 0.658. The van der Waals surface area contributed by atoms with Gasteiger partial charge >= 0.3 is 0 Å². The lowest BCUT2D eigenvalue weighted by Crippen LogP contribution is -2.31. The highest BCUT2D eigenvalue weighted by atomic mass is 19.1. The zero-order chi connectivity index (χ0) is 10.7. The Bertz CT molecular complexity index is 356. The van der Waals surface area contributed by atoms with E-state index in [1.165, 1.54) is 11.9 Å². The molecule has 0 radical (unpaired) electrons. The van der Waals surface area contributed by atoms with Gasteiger partial charge in [0.05, 0.1) is 12.7 Å². The molecule has 76 valence electrons. The summed E-state index contributed by atoms with van der Waals surface area (Å²) in [5.74, 6) is -1.33. The van der Waals surface area contributed by atoms with Crippen molar-refractivity contribution in [2.24, 2.45) is 5.73 Å². The molecule has 0 saturated heterocycles. The fourth-order valence-corrected chi connectivity index (χ4v) is 0.948. The van der Waals surface area contributed by atoms with Crippen LogP contribution in [0.3, 0.4) is 0 Å². The van der Waals surface area contributed by atoms with Gasteiger partial charge in [-0.05, 0) is 0 Å². The Balaban J connectivity index is 2.93. The van der Waals surface area contributed by atoms with Crippen molar-refractivity contribution in [2.75, 3.05) is 24.2 Å². The Morgan fingerprint density at radius 3 is 2.93 bits per heavy atom. The molecular formula is C7H10FN5O. The van der Waals surface area contributed by atoms with Gasteiger partial charge in [-0.2, -0.15) is 4.98 Å². The van der Waals surface area contributed by atoms with Gasteiger partial charge in [-0.1, -0.05) is 0 Å². The average molecular weight is 199 g/mol. The van der Waals surface area contributed by atoms with Crippen molar-refractivity contribution in [3.63, 3.8) is 0 Å². The molecular weight excluding hydrogens is 189 g/mol. The van der Waals surface area contributed by atoms with E-state index in [1.54, 1.807) is 0 Å². The van der Waals surface area contributed by atoms with Crippen molar-refractivity contribution < 1.29 is 9.18 Å². The minimum Gasteiger partial charge on any atom is -0.368 e. The summed E-state index contributed by atoms with van der Waals surface area (Å²) in [6.07, 6.45) is 0.940. The number of nitrogens with zero attached hydrogens (tertiary/aromatic N) is 3. The van der Waals surface area contributed by atoms with Crippen LogP contribution in [0.5, 0.6) is 0 Å². The zero-order valence-electron chi connectivity index (χ0n) is 7.57. The number of carbonyl (C=O) groups is 1. The Kier molecular flexibility index (Phi) is 2.80. The van der Waals surface area contributed by atoms with E-state index in [1.807, 2.05) is 0 Å². The maximum Gasteiger partial charge on any atom is 0.236 e. The summed E-state index contributed by atoms with van der Waals surface area (Å²) >= 11 is 0. The van der Waals surface area contributed by atoms with Gasteiger partial charge in [0.2, 0.25) is 11.9 Å². The van der Waals surface area contributed by atoms with Crippen LogP contribution < -0.4 is 16.4 Å². The van der Waals surface area contributed by atoms with Gasteiger partial charge in [-0.3, -0.25) is 4.79 Å². The summed E-state index contributed by atoms with van der Waals surface area (Å²) in [6, 6.07) is 0. The molecule has 1 amide bonds. The Morgan fingerprint density at radius 1 is 1.71 bits per heavy atom. The lowest BCUT2D eigenvalue weighted by molar-refractivity contribution is -0.116. The van der Waals surface area contributed by atoms with Crippen LogP contribution in [0, 0.1) is 5.82 Å². The van der Waals surface area contributed by atoms with Gasteiger partial charge < -0.3 is 16.4 Å². The van der Waals surface area contributed by atoms with E-state index >= 15 is 0 Å². The van der Waals surface area contributed by atoms with Crippen LogP contribution in [0.2, 0.25) is 0 Å². The highest BCUT2D eigenvalue weighted by Gasteiger charge is 2.11. The molecule has 0 bridgehead atoms. The monoisotopic (exact) mass is 199 g/mol. The van der Waals surface area contributed by atoms with Crippen LogP contribution in [-0.2, 0) is 4.79 Å². The second-order valence-electron chi connectivity index (χ2n) is 2.72. The summed E-state index contributed by atoms with van der Waals surface area (Å²) in [4.78, 5) is 18.9. The molecule has 0 aliphatic heterocycles. The molecule has 0 fully saturated rings. The molecule has 4 N–H and O–H groups in total. The molecule has 0 atom stereocenters. The largest absolute Gasteiger partial charge is 0.368 e. The van der Waals surface area contributed by atoms with E-state index < -0.39 is 11.7 Å². The van der Waals surface area contributed by atoms with E-state index in [0.717, 1.165) is 6.20 Å². The molecule has 0 spiro atoms. The third-order valence-electron chi connectivity index (χ3n) is 1.50. The summed E-state index contributed by atoms with van der Waals surface area (Å²) in [5.41, 5.74) is 10.2. The number of primary amides is 1. The lowest BCUT2D eigenvalue weighted by Gasteiger charge is -2.16. The first-order valence-corrected chi connectivity index (χ1v) is 3.78. The summed E-state index contributed by atoms with van der Waals surface area (Å²) in [5, 5.41) is 0. The Hall–Kier alpha value is -1.92. The van der Waals surface area contributed by atoms with Crippen LogP contribution in [0.1, 0.15) is 0 Å². The number of likely N-dealkylation sites (N-methyl/N-ethyl adjacent to an activating group) is 1. The van der Waals surface area contributed by atoms with Crippen molar-refractivity contribution >= 4 is 17.7 Å². The molecule has 7 heteroatoms. The number of aromatic nitrogens is 2. The standard InChI is InChI=1S/C7H10FN5O/c1-13(3-5(9)14)6-4(8)2-11-7(10)12-6/h2H,3H2,1H3,(H2,9,14)(H2,10,11,12). The summed E-state index contributed by atoms with van der Waals surface area (Å²) in [6.45, 7) is -0.132. The number of halogens is 1. The van der Waals surface area contributed by atoms with Crippen molar-refractivity contribution in [3.05, 3.63) is 12.0 Å². The molecule has 0 aromatic carbocycles. The fourth-order valence-electron chi connectivity index (χ4n) is 0.948. The van der Waals surface area contributed by atoms with Crippen LogP contribution >= 0.6 is 0 Å². The maximum absolute atomic E-state index is 13.1. The number of amides is 1. The topological polar surface area (TPSA) is 98.1 Å². The number of carbonyl (C=O) groups excluding carboxylic acids is 1. The second-order valence-corrected chi connectivity index (χ2v) is 2.72. The van der Waals surface area contributed by atoms with E-state index in [2.05, 4.69) is 9.97 Å². The number of nitrogens with two attached hydrogens (primary N) is 2. The van der Waals surface area contributed by atoms with Crippen molar-refractivity contribution in [1.82, 2.24) is 9.97 Å². The molecule has 0 unspecified atom stereocenters. The van der Waals surface area contributed by atoms with E-state index in [4.69, 9.17) is 11.5 Å². The van der Waals surface area contributed by atoms with Crippen molar-refractivity contribution in [2.45, 2.75) is 0 Å². The number of hydrogen-bond acceptors (Lipinski definition) is 5. The van der Waals surface area contributed by atoms with Gasteiger partial charge in [0.1, 0.15) is 0 Å². The molecule has 0 aliphatic carbocycles. The van der Waals surface area contributed by atoms with E-state index in [9.17, 15) is 9.18 Å². The van der Waals surface area contributed by atoms with Crippen molar-refractivity contribution in [1.29, 1.82) is 0 Å².